The van der Waals surface area contributed by atoms with Crippen molar-refractivity contribution in [1.29, 1.82) is 0 Å². The summed E-state index contributed by atoms with van der Waals surface area (Å²) in [5.41, 5.74) is 1.68. The molecule has 8 nitrogen and oxygen atoms in total. The Morgan fingerprint density at radius 1 is 0.824 bits per heavy atom. The lowest BCUT2D eigenvalue weighted by Crippen LogP contribution is -2.50. The average Bonchev–Trinajstić information content (AvgIpc) is 2.88. The Balaban J connectivity index is 1.47. The molecular weight excluding hydrogens is 454 g/mol. The van der Waals surface area contributed by atoms with Gasteiger partial charge in [0.1, 0.15) is 5.75 Å². The van der Waals surface area contributed by atoms with Crippen molar-refractivity contribution in [3.8, 4) is 5.75 Å². The van der Waals surface area contributed by atoms with E-state index in [1.165, 1.54) is 10.4 Å². The number of carbonyl (C=O) groups excluding carboxylic acids is 2. The number of carbonyl (C=O) groups is 2. The largest absolute Gasteiger partial charge is 0.496 e. The Labute approximate surface area is 201 Å². The molecule has 182 valence electrons. The summed E-state index contributed by atoms with van der Waals surface area (Å²) < 4.78 is 33.3. The van der Waals surface area contributed by atoms with Crippen molar-refractivity contribution in [2.45, 2.75) is 31.1 Å². The van der Waals surface area contributed by atoms with Gasteiger partial charge in [-0.3, -0.25) is 9.59 Å². The number of methoxy groups -OCH3 is 1. The van der Waals surface area contributed by atoms with Crippen LogP contribution in [0.4, 0.5) is 0 Å². The molecule has 34 heavy (non-hydrogen) atoms. The van der Waals surface area contributed by atoms with E-state index in [0.29, 0.717) is 50.6 Å². The van der Waals surface area contributed by atoms with E-state index < -0.39 is 10.0 Å². The molecule has 2 fully saturated rings. The predicted molar refractivity (Wildman–Crippen MR) is 129 cm³/mol. The zero-order valence-electron chi connectivity index (χ0n) is 19.7. The van der Waals surface area contributed by atoms with Crippen LogP contribution in [-0.4, -0.2) is 80.7 Å². The van der Waals surface area contributed by atoms with Crippen LogP contribution in [0.3, 0.4) is 0 Å². The third-order valence-corrected chi connectivity index (χ3v) is 8.52. The van der Waals surface area contributed by atoms with Gasteiger partial charge in [-0.2, -0.15) is 4.31 Å². The molecule has 2 aromatic carbocycles. The Morgan fingerprint density at radius 2 is 1.44 bits per heavy atom. The Bertz CT molecular complexity index is 1170. The Morgan fingerprint density at radius 3 is 2.09 bits per heavy atom. The summed E-state index contributed by atoms with van der Waals surface area (Å²) in [7, 11) is -2.16. The fourth-order valence-corrected chi connectivity index (χ4v) is 6.23. The van der Waals surface area contributed by atoms with E-state index in [1.807, 2.05) is 13.0 Å². The highest BCUT2D eigenvalue weighted by Gasteiger charge is 2.32. The van der Waals surface area contributed by atoms with Crippen LogP contribution in [-0.2, 0) is 10.0 Å². The lowest BCUT2D eigenvalue weighted by Gasteiger charge is -2.35. The summed E-state index contributed by atoms with van der Waals surface area (Å²) in [6.45, 7) is 4.31. The van der Waals surface area contributed by atoms with E-state index in [4.69, 9.17) is 4.74 Å². The average molecular weight is 486 g/mol. The van der Waals surface area contributed by atoms with Crippen LogP contribution in [0.5, 0.6) is 5.75 Å². The van der Waals surface area contributed by atoms with Crippen LogP contribution in [0.1, 0.15) is 45.5 Å². The van der Waals surface area contributed by atoms with Crippen LogP contribution >= 0.6 is 0 Å². The fourth-order valence-electron chi connectivity index (χ4n) is 4.53. The first-order valence-corrected chi connectivity index (χ1v) is 13.1. The van der Waals surface area contributed by atoms with Crippen LogP contribution in [0.2, 0.25) is 0 Å². The molecule has 2 heterocycles. The van der Waals surface area contributed by atoms with Gasteiger partial charge in [0.15, 0.2) is 0 Å². The van der Waals surface area contributed by atoms with Crippen molar-refractivity contribution in [2.75, 3.05) is 46.4 Å². The van der Waals surface area contributed by atoms with Crippen molar-refractivity contribution >= 4 is 21.8 Å². The van der Waals surface area contributed by atoms with Gasteiger partial charge in [0.25, 0.3) is 11.8 Å². The smallest absolute Gasteiger partial charge is 0.255 e. The van der Waals surface area contributed by atoms with E-state index in [-0.39, 0.29) is 22.3 Å². The number of rotatable bonds is 5. The number of hydrogen-bond acceptors (Lipinski definition) is 5. The zero-order chi connectivity index (χ0) is 24.3. The number of aryl methyl sites for hydroxylation is 1. The molecule has 2 aliphatic heterocycles. The number of amides is 2. The Hall–Kier alpha value is -2.91. The fraction of sp³-hybridized carbons (Fsp3) is 0.440. The van der Waals surface area contributed by atoms with E-state index in [9.17, 15) is 18.0 Å². The second-order valence-electron chi connectivity index (χ2n) is 8.73. The molecule has 2 saturated heterocycles. The van der Waals surface area contributed by atoms with Gasteiger partial charge < -0.3 is 14.5 Å². The van der Waals surface area contributed by atoms with E-state index in [0.717, 1.165) is 24.8 Å². The molecular formula is C25H31N3O5S. The highest BCUT2D eigenvalue weighted by Crippen LogP contribution is 2.25. The minimum absolute atomic E-state index is 0.0622. The molecule has 0 aliphatic carbocycles. The number of piperazine rings is 1. The third-order valence-electron chi connectivity index (χ3n) is 6.56. The van der Waals surface area contributed by atoms with Crippen molar-refractivity contribution in [3.63, 3.8) is 0 Å². The molecule has 0 saturated carbocycles. The lowest BCUT2D eigenvalue weighted by molar-refractivity contribution is 0.0533. The monoisotopic (exact) mass is 485 g/mol. The molecule has 0 bridgehead atoms. The predicted octanol–water partition coefficient (Wildman–Crippen LogP) is 2.78. The Kier molecular flexibility index (Phi) is 7.23. The zero-order valence-corrected chi connectivity index (χ0v) is 20.5. The van der Waals surface area contributed by atoms with Crippen molar-refractivity contribution < 1.29 is 22.7 Å². The van der Waals surface area contributed by atoms with Gasteiger partial charge in [-0.1, -0.05) is 24.6 Å². The quantitative estimate of drug-likeness (QED) is 0.650. The number of nitrogens with zero attached hydrogens (tertiary/aromatic N) is 3. The van der Waals surface area contributed by atoms with E-state index in [1.54, 1.807) is 47.2 Å². The van der Waals surface area contributed by atoms with E-state index in [2.05, 4.69) is 0 Å². The van der Waals surface area contributed by atoms with E-state index >= 15 is 0 Å². The minimum Gasteiger partial charge on any atom is -0.496 e. The molecule has 4 rings (SSSR count). The van der Waals surface area contributed by atoms with Crippen LogP contribution in [0.15, 0.2) is 47.4 Å². The minimum atomic E-state index is -3.74. The normalized spacial score (nSPS) is 17.5. The molecule has 9 heteroatoms. The topological polar surface area (TPSA) is 87.2 Å². The number of ether oxygens (including phenoxy) is 1. The summed E-state index contributed by atoms with van der Waals surface area (Å²) in [4.78, 5) is 29.7. The summed E-state index contributed by atoms with van der Waals surface area (Å²) in [5, 5.41) is 0. The molecule has 0 radical (unpaired) electrons. The molecule has 0 atom stereocenters. The summed E-state index contributed by atoms with van der Waals surface area (Å²) in [6.07, 6.45) is 2.68. The molecule has 0 unspecified atom stereocenters. The van der Waals surface area contributed by atoms with Gasteiger partial charge in [-0.25, -0.2) is 8.42 Å². The van der Waals surface area contributed by atoms with Crippen LogP contribution in [0, 0.1) is 6.92 Å². The first-order chi connectivity index (χ1) is 16.3. The molecule has 2 aliphatic rings. The molecule has 0 spiro atoms. The highest BCUT2D eigenvalue weighted by molar-refractivity contribution is 7.89. The van der Waals surface area contributed by atoms with Crippen LogP contribution in [0.25, 0.3) is 0 Å². The second-order valence-corrected chi connectivity index (χ2v) is 10.6. The summed E-state index contributed by atoms with van der Waals surface area (Å²) >= 11 is 0. The van der Waals surface area contributed by atoms with Gasteiger partial charge in [0.2, 0.25) is 10.0 Å². The van der Waals surface area contributed by atoms with Gasteiger partial charge in [0, 0.05) is 44.8 Å². The standard InChI is InChI=1S/C25H31N3O5S/c1-19-10-11-20(18-22(19)33-2)24(29)26-14-16-27(17-15-26)25(30)21-8-4-5-9-23(21)34(31,32)28-12-6-3-7-13-28/h4-5,8-11,18H,3,6-7,12-17H2,1-2H3. The van der Waals surface area contributed by atoms with Crippen molar-refractivity contribution in [3.05, 3.63) is 59.2 Å². The van der Waals surface area contributed by atoms with Gasteiger partial charge in [-0.15, -0.1) is 0 Å². The highest BCUT2D eigenvalue weighted by atomic mass is 32.2. The summed E-state index contributed by atoms with van der Waals surface area (Å²) in [6, 6.07) is 11.8. The molecule has 0 N–H and O–H groups in total. The summed E-state index contributed by atoms with van der Waals surface area (Å²) in [5.74, 6) is 0.227. The van der Waals surface area contributed by atoms with Crippen molar-refractivity contribution in [2.24, 2.45) is 0 Å². The first-order valence-electron chi connectivity index (χ1n) is 11.7. The van der Waals surface area contributed by atoms with Crippen LogP contribution < -0.4 is 4.74 Å². The molecule has 2 amide bonds. The maximum Gasteiger partial charge on any atom is 0.255 e. The number of sulfonamides is 1. The lowest BCUT2D eigenvalue weighted by atomic mass is 10.1. The maximum atomic E-state index is 13.3. The number of benzene rings is 2. The molecule has 2 aromatic rings. The van der Waals surface area contributed by atoms with Gasteiger partial charge in [-0.05, 0) is 49.6 Å². The molecule has 0 aromatic heterocycles. The van der Waals surface area contributed by atoms with Crippen molar-refractivity contribution in [1.82, 2.24) is 14.1 Å². The maximum absolute atomic E-state index is 13.3. The second kappa shape index (κ2) is 10.1. The number of piperidine rings is 1. The number of hydrogen-bond donors (Lipinski definition) is 0. The third kappa shape index (κ3) is 4.81. The van der Waals surface area contributed by atoms with Gasteiger partial charge in [0.05, 0.1) is 17.6 Å². The van der Waals surface area contributed by atoms with Gasteiger partial charge >= 0.3 is 0 Å². The SMILES string of the molecule is COc1cc(C(=O)N2CCN(C(=O)c3ccccc3S(=O)(=O)N3CCCCC3)CC2)ccc1C. The first kappa shape index (κ1) is 24.2.